The Morgan fingerprint density at radius 1 is 1.30 bits per heavy atom. The fourth-order valence-corrected chi connectivity index (χ4v) is 2.95. The van der Waals surface area contributed by atoms with Gasteiger partial charge in [0, 0.05) is 19.1 Å². The molecule has 20 heavy (non-hydrogen) atoms. The molecule has 2 aliphatic rings. The van der Waals surface area contributed by atoms with Gasteiger partial charge in [0.2, 0.25) is 5.91 Å². The normalized spacial score (nSPS) is 20.3. The zero-order chi connectivity index (χ0) is 14.2. The third-order valence-corrected chi connectivity index (χ3v) is 4.67. The molecule has 1 amide bonds. The fourth-order valence-electron chi connectivity index (χ4n) is 2.95. The van der Waals surface area contributed by atoms with E-state index in [1.54, 1.807) is 12.1 Å². The summed E-state index contributed by atoms with van der Waals surface area (Å²) < 4.78 is 13.0. The molecule has 1 aromatic rings. The number of benzene rings is 1. The summed E-state index contributed by atoms with van der Waals surface area (Å²) in [5.41, 5.74) is 6.51. The van der Waals surface area contributed by atoms with Crippen molar-refractivity contribution >= 4 is 5.91 Å². The number of nitrogens with zero attached hydrogens (tertiary/aromatic N) is 1. The van der Waals surface area contributed by atoms with E-state index in [0.29, 0.717) is 19.1 Å². The smallest absolute Gasteiger partial charge is 0.230 e. The number of carbonyl (C=O) groups is 1. The lowest BCUT2D eigenvalue weighted by Gasteiger charge is -2.43. The van der Waals surface area contributed by atoms with Gasteiger partial charge >= 0.3 is 0 Å². The van der Waals surface area contributed by atoms with Crippen LogP contribution in [-0.2, 0) is 11.3 Å². The van der Waals surface area contributed by atoms with Crippen LogP contribution in [0.3, 0.4) is 0 Å². The summed E-state index contributed by atoms with van der Waals surface area (Å²) in [5, 5.41) is 0. The van der Waals surface area contributed by atoms with E-state index in [0.717, 1.165) is 37.7 Å². The monoisotopic (exact) mass is 276 g/mol. The lowest BCUT2D eigenvalue weighted by Crippen LogP contribution is -2.52. The number of carbonyl (C=O) groups excluding carboxylic acids is 1. The molecular weight excluding hydrogens is 255 g/mol. The van der Waals surface area contributed by atoms with E-state index in [1.807, 2.05) is 4.90 Å². The predicted molar refractivity (Wildman–Crippen MR) is 75.3 cm³/mol. The molecule has 3 nitrogen and oxygen atoms in total. The molecular formula is C16H21FN2O. The Bertz CT molecular complexity index is 486. The van der Waals surface area contributed by atoms with E-state index in [1.165, 1.54) is 12.1 Å². The van der Waals surface area contributed by atoms with Crippen molar-refractivity contribution in [1.82, 2.24) is 4.90 Å². The first-order valence-electron chi connectivity index (χ1n) is 7.40. The maximum atomic E-state index is 13.0. The summed E-state index contributed by atoms with van der Waals surface area (Å²) in [6, 6.07) is 6.78. The molecule has 4 heteroatoms. The van der Waals surface area contributed by atoms with Gasteiger partial charge in [-0.25, -0.2) is 4.39 Å². The lowest BCUT2D eigenvalue weighted by atomic mass is 9.67. The number of amides is 1. The maximum Gasteiger partial charge on any atom is 0.230 e. The van der Waals surface area contributed by atoms with E-state index in [4.69, 9.17) is 5.73 Å². The third-order valence-electron chi connectivity index (χ3n) is 4.67. The second-order valence-electron chi connectivity index (χ2n) is 6.13. The largest absolute Gasteiger partial charge is 0.335 e. The lowest BCUT2D eigenvalue weighted by molar-refractivity contribution is -0.148. The van der Waals surface area contributed by atoms with Gasteiger partial charge in [0.15, 0.2) is 0 Å². The quantitative estimate of drug-likeness (QED) is 0.898. The highest BCUT2D eigenvalue weighted by Gasteiger charge is 2.47. The van der Waals surface area contributed by atoms with Crippen molar-refractivity contribution in [2.75, 3.05) is 6.54 Å². The summed E-state index contributed by atoms with van der Waals surface area (Å²) in [7, 11) is 0. The Hall–Kier alpha value is -1.42. The molecule has 0 bridgehead atoms. The van der Waals surface area contributed by atoms with Crippen LogP contribution < -0.4 is 5.73 Å². The first-order chi connectivity index (χ1) is 9.64. The van der Waals surface area contributed by atoms with E-state index < -0.39 is 0 Å². The zero-order valence-electron chi connectivity index (χ0n) is 11.6. The molecule has 0 aliphatic heterocycles. The van der Waals surface area contributed by atoms with Gasteiger partial charge in [-0.2, -0.15) is 0 Å². The Morgan fingerprint density at radius 2 is 1.95 bits per heavy atom. The summed E-state index contributed by atoms with van der Waals surface area (Å²) in [5.74, 6) is -0.0338. The van der Waals surface area contributed by atoms with Gasteiger partial charge in [0.1, 0.15) is 5.82 Å². The first-order valence-corrected chi connectivity index (χ1v) is 7.40. The molecule has 1 aromatic carbocycles. The van der Waals surface area contributed by atoms with Gasteiger partial charge in [-0.15, -0.1) is 0 Å². The highest BCUT2D eigenvalue weighted by atomic mass is 19.1. The standard InChI is InChI=1S/C16H21FN2O/c17-13-4-2-12(3-5-13)10-19(14-6-7-14)15(20)16(11-18)8-1-9-16/h2-5,14H,1,6-11,18H2. The molecule has 0 aromatic heterocycles. The van der Waals surface area contributed by atoms with Crippen molar-refractivity contribution in [2.24, 2.45) is 11.1 Å². The SMILES string of the molecule is NCC1(C(=O)N(Cc2ccc(F)cc2)C2CC2)CCC1. The fraction of sp³-hybridized carbons (Fsp3) is 0.562. The number of hydrogen-bond acceptors (Lipinski definition) is 2. The molecule has 3 rings (SSSR count). The molecule has 0 unspecified atom stereocenters. The van der Waals surface area contributed by atoms with Crippen LogP contribution in [0, 0.1) is 11.2 Å². The van der Waals surface area contributed by atoms with E-state index in [9.17, 15) is 9.18 Å². The second-order valence-corrected chi connectivity index (χ2v) is 6.13. The predicted octanol–water partition coefficient (Wildman–Crippen LogP) is 2.45. The van der Waals surface area contributed by atoms with Gasteiger partial charge in [-0.3, -0.25) is 4.79 Å². The Labute approximate surface area is 118 Å². The van der Waals surface area contributed by atoms with Crippen LogP contribution in [0.5, 0.6) is 0 Å². The minimum atomic E-state index is -0.317. The van der Waals surface area contributed by atoms with E-state index in [2.05, 4.69) is 0 Å². The van der Waals surface area contributed by atoms with Crippen LogP contribution in [0.25, 0.3) is 0 Å². The van der Waals surface area contributed by atoms with Crippen molar-refractivity contribution in [1.29, 1.82) is 0 Å². The number of hydrogen-bond donors (Lipinski definition) is 1. The molecule has 0 radical (unpaired) electrons. The van der Waals surface area contributed by atoms with Crippen LogP contribution in [0.1, 0.15) is 37.7 Å². The van der Waals surface area contributed by atoms with Crippen molar-refractivity contribution in [2.45, 2.75) is 44.7 Å². The van der Waals surface area contributed by atoms with Crippen LogP contribution in [0.2, 0.25) is 0 Å². The van der Waals surface area contributed by atoms with Crippen molar-refractivity contribution in [3.8, 4) is 0 Å². The van der Waals surface area contributed by atoms with Gasteiger partial charge in [-0.05, 0) is 43.4 Å². The van der Waals surface area contributed by atoms with Gasteiger partial charge < -0.3 is 10.6 Å². The molecule has 0 heterocycles. The van der Waals surface area contributed by atoms with Crippen LogP contribution in [-0.4, -0.2) is 23.4 Å². The molecule has 0 atom stereocenters. The van der Waals surface area contributed by atoms with Crippen molar-refractivity contribution in [3.63, 3.8) is 0 Å². The first kappa shape index (κ1) is 13.6. The summed E-state index contributed by atoms with van der Waals surface area (Å²) in [4.78, 5) is 14.8. The van der Waals surface area contributed by atoms with Crippen LogP contribution >= 0.6 is 0 Å². The molecule has 0 spiro atoms. The Balaban J connectivity index is 1.75. The average molecular weight is 276 g/mol. The van der Waals surface area contributed by atoms with Crippen molar-refractivity contribution in [3.05, 3.63) is 35.6 Å². The summed E-state index contributed by atoms with van der Waals surface area (Å²) >= 11 is 0. The molecule has 108 valence electrons. The van der Waals surface area contributed by atoms with E-state index >= 15 is 0 Å². The van der Waals surface area contributed by atoms with Gasteiger partial charge in [0.25, 0.3) is 0 Å². The number of rotatable bonds is 5. The number of halogens is 1. The minimum Gasteiger partial charge on any atom is -0.335 e. The van der Waals surface area contributed by atoms with Gasteiger partial charge in [0.05, 0.1) is 5.41 Å². The second kappa shape index (κ2) is 5.17. The Morgan fingerprint density at radius 3 is 2.40 bits per heavy atom. The van der Waals surface area contributed by atoms with Crippen LogP contribution in [0.4, 0.5) is 4.39 Å². The minimum absolute atomic E-state index is 0.207. The van der Waals surface area contributed by atoms with E-state index in [-0.39, 0.29) is 17.1 Å². The highest BCUT2D eigenvalue weighted by Crippen LogP contribution is 2.44. The molecule has 2 saturated carbocycles. The summed E-state index contributed by atoms with van der Waals surface area (Å²) in [6.07, 6.45) is 5.07. The Kier molecular flexibility index (Phi) is 3.50. The summed E-state index contributed by atoms with van der Waals surface area (Å²) in [6.45, 7) is 1.02. The molecule has 2 fully saturated rings. The van der Waals surface area contributed by atoms with Crippen molar-refractivity contribution < 1.29 is 9.18 Å². The average Bonchev–Trinajstić information content (AvgIpc) is 3.21. The number of nitrogens with two attached hydrogens (primary N) is 1. The zero-order valence-corrected chi connectivity index (χ0v) is 11.6. The molecule has 2 N–H and O–H groups in total. The van der Waals surface area contributed by atoms with Gasteiger partial charge in [-0.1, -0.05) is 18.6 Å². The highest BCUT2D eigenvalue weighted by molar-refractivity contribution is 5.84. The topological polar surface area (TPSA) is 46.3 Å². The third kappa shape index (κ3) is 2.44. The van der Waals surface area contributed by atoms with Crippen LogP contribution in [0.15, 0.2) is 24.3 Å². The molecule has 0 saturated heterocycles. The maximum absolute atomic E-state index is 13.0. The molecule has 2 aliphatic carbocycles.